The van der Waals surface area contributed by atoms with Crippen LogP contribution < -0.4 is 10.1 Å². The van der Waals surface area contributed by atoms with E-state index in [4.69, 9.17) is 9.84 Å². The number of methoxy groups -OCH3 is 1. The maximum atomic E-state index is 9.13. The van der Waals surface area contributed by atoms with Gasteiger partial charge in [0.25, 0.3) is 0 Å². The SMILES string of the molecule is COc1ccc(Br)cc1CNCCCC(C)O. The van der Waals surface area contributed by atoms with E-state index in [9.17, 15) is 0 Å². The van der Waals surface area contributed by atoms with E-state index in [0.29, 0.717) is 0 Å². The van der Waals surface area contributed by atoms with E-state index in [1.165, 1.54) is 0 Å². The lowest BCUT2D eigenvalue weighted by atomic mass is 10.2. The predicted octanol–water partition coefficient (Wildman–Crippen LogP) is 2.71. The van der Waals surface area contributed by atoms with Gasteiger partial charge in [0, 0.05) is 16.6 Å². The highest BCUT2D eigenvalue weighted by molar-refractivity contribution is 9.10. The second-order valence-corrected chi connectivity index (χ2v) is 5.04. The third-order valence-corrected chi connectivity index (χ3v) is 3.03. The number of aliphatic hydroxyl groups is 1. The van der Waals surface area contributed by atoms with Crippen LogP contribution in [0, 0.1) is 0 Å². The smallest absolute Gasteiger partial charge is 0.123 e. The summed E-state index contributed by atoms with van der Waals surface area (Å²) >= 11 is 3.45. The van der Waals surface area contributed by atoms with Crippen molar-refractivity contribution in [3.05, 3.63) is 28.2 Å². The van der Waals surface area contributed by atoms with Crippen LogP contribution in [0.25, 0.3) is 0 Å². The van der Waals surface area contributed by atoms with Crippen LogP contribution in [0.5, 0.6) is 5.75 Å². The molecule has 17 heavy (non-hydrogen) atoms. The van der Waals surface area contributed by atoms with E-state index in [-0.39, 0.29) is 6.10 Å². The molecule has 0 fully saturated rings. The molecule has 1 unspecified atom stereocenters. The fourth-order valence-corrected chi connectivity index (χ4v) is 2.04. The first-order valence-corrected chi connectivity index (χ1v) is 6.64. The monoisotopic (exact) mass is 301 g/mol. The third-order valence-electron chi connectivity index (χ3n) is 2.53. The third kappa shape index (κ3) is 5.52. The number of nitrogens with one attached hydrogen (secondary N) is 1. The summed E-state index contributed by atoms with van der Waals surface area (Å²) in [5, 5.41) is 12.5. The molecule has 0 spiro atoms. The van der Waals surface area contributed by atoms with Gasteiger partial charge in [-0.1, -0.05) is 15.9 Å². The number of aliphatic hydroxyl groups excluding tert-OH is 1. The summed E-state index contributed by atoms with van der Waals surface area (Å²) in [5.41, 5.74) is 1.14. The molecular weight excluding hydrogens is 282 g/mol. The molecule has 0 aliphatic carbocycles. The highest BCUT2D eigenvalue weighted by Gasteiger charge is 2.03. The van der Waals surface area contributed by atoms with Gasteiger partial charge in [0.15, 0.2) is 0 Å². The summed E-state index contributed by atoms with van der Waals surface area (Å²) in [5.74, 6) is 0.899. The zero-order valence-corrected chi connectivity index (χ0v) is 12.0. The zero-order valence-electron chi connectivity index (χ0n) is 10.4. The van der Waals surface area contributed by atoms with E-state index in [1.807, 2.05) is 19.1 Å². The Morgan fingerprint density at radius 3 is 2.88 bits per heavy atom. The quantitative estimate of drug-likeness (QED) is 0.761. The molecule has 1 aromatic carbocycles. The highest BCUT2D eigenvalue weighted by atomic mass is 79.9. The van der Waals surface area contributed by atoms with Crippen LogP contribution >= 0.6 is 15.9 Å². The Kier molecular flexibility index (Phi) is 6.55. The zero-order chi connectivity index (χ0) is 12.7. The van der Waals surface area contributed by atoms with Crippen LogP contribution in [0.2, 0.25) is 0 Å². The second-order valence-electron chi connectivity index (χ2n) is 4.12. The van der Waals surface area contributed by atoms with Gasteiger partial charge < -0.3 is 15.2 Å². The van der Waals surface area contributed by atoms with Gasteiger partial charge in [-0.05, 0) is 44.5 Å². The molecule has 0 amide bonds. The second kappa shape index (κ2) is 7.69. The van der Waals surface area contributed by atoms with Crippen LogP contribution in [-0.2, 0) is 6.54 Å². The lowest BCUT2D eigenvalue weighted by Gasteiger charge is -2.10. The Morgan fingerprint density at radius 2 is 2.24 bits per heavy atom. The first-order chi connectivity index (χ1) is 8.13. The fraction of sp³-hybridized carbons (Fsp3) is 0.538. The van der Waals surface area contributed by atoms with Crippen LogP contribution in [-0.4, -0.2) is 24.9 Å². The number of hydrogen-bond donors (Lipinski definition) is 2. The van der Waals surface area contributed by atoms with Gasteiger partial charge in [0.2, 0.25) is 0 Å². The Bertz CT molecular complexity index is 342. The molecule has 4 heteroatoms. The summed E-state index contributed by atoms with van der Waals surface area (Å²) in [6.45, 7) is 3.50. The summed E-state index contributed by atoms with van der Waals surface area (Å²) in [6.07, 6.45) is 1.61. The van der Waals surface area contributed by atoms with Crippen molar-refractivity contribution in [3.8, 4) is 5.75 Å². The Hall–Kier alpha value is -0.580. The Balaban J connectivity index is 2.37. The molecule has 0 radical (unpaired) electrons. The van der Waals surface area contributed by atoms with Crippen LogP contribution in [0.4, 0.5) is 0 Å². The minimum absolute atomic E-state index is 0.211. The van der Waals surface area contributed by atoms with Gasteiger partial charge in [-0.3, -0.25) is 0 Å². The van der Waals surface area contributed by atoms with Gasteiger partial charge in [0.05, 0.1) is 13.2 Å². The van der Waals surface area contributed by atoms with Crippen molar-refractivity contribution in [3.63, 3.8) is 0 Å². The molecule has 0 aromatic heterocycles. The first kappa shape index (κ1) is 14.5. The molecule has 0 saturated heterocycles. The standard InChI is InChI=1S/C13H20BrNO2/c1-10(16)4-3-7-15-9-11-8-12(14)5-6-13(11)17-2/h5-6,8,10,15-16H,3-4,7,9H2,1-2H3. The van der Waals surface area contributed by atoms with E-state index >= 15 is 0 Å². The van der Waals surface area contributed by atoms with E-state index < -0.39 is 0 Å². The van der Waals surface area contributed by atoms with Crippen molar-refractivity contribution in [2.45, 2.75) is 32.4 Å². The molecule has 0 bridgehead atoms. The number of halogens is 1. The predicted molar refractivity (Wildman–Crippen MR) is 73.3 cm³/mol. The molecule has 0 saturated carbocycles. The summed E-state index contributed by atoms with van der Waals surface area (Å²) < 4.78 is 6.35. The largest absolute Gasteiger partial charge is 0.496 e. The maximum absolute atomic E-state index is 9.13. The van der Waals surface area contributed by atoms with Crippen molar-refractivity contribution in [1.29, 1.82) is 0 Å². The topological polar surface area (TPSA) is 41.5 Å². The summed E-state index contributed by atoms with van der Waals surface area (Å²) in [7, 11) is 1.68. The lowest BCUT2D eigenvalue weighted by molar-refractivity contribution is 0.181. The first-order valence-electron chi connectivity index (χ1n) is 5.84. The van der Waals surface area contributed by atoms with Gasteiger partial charge in [-0.2, -0.15) is 0 Å². The van der Waals surface area contributed by atoms with Crippen molar-refractivity contribution in [2.24, 2.45) is 0 Å². The lowest BCUT2D eigenvalue weighted by Crippen LogP contribution is -2.16. The number of ether oxygens (including phenoxy) is 1. The van der Waals surface area contributed by atoms with Gasteiger partial charge in [0.1, 0.15) is 5.75 Å². The number of rotatable bonds is 7. The molecule has 0 aliphatic heterocycles. The van der Waals surface area contributed by atoms with E-state index in [1.54, 1.807) is 7.11 Å². The molecule has 1 rings (SSSR count). The normalized spacial score (nSPS) is 12.5. The molecule has 1 atom stereocenters. The van der Waals surface area contributed by atoms with Crippen molar-refractivity contribution in [1.82, 2.24) is 5.32 Å². The van der Waals surface area contributed by atoms with E-state index in [0.717, 1.165) is 41.7 Å². The number of hydrogen-bond acceptors (Lipinski definition) is 3. The van der Waals surface area contributed by atoms with Crippen molar-refractivity contribution < 1.29 is 9.84 Å². The van der Waals surface area contributed by atoms with Gasteiger partial charge >= 0.3 is 0 Å². The molecular formula is C13H20BrNO2. The molecule has 0 aliphatic rings. The Labute approximate surface area is 111 Å². The average molecular weight is 302 g/mol. The highest BCUT2D eigenvalue weighted by Crippen LogP contribution is 2.22. The van der Waals surface area contributed by atoms with Crippen molar-refractivity contribution >= 4 is 15.9 Å². The van der Waals surface area contributed by atoms with Crippen LogP contribution in [0.3, 0.4) is 0 Å². The van der Waals surface area contributed by atoms with Crippen molar-refractivity contribution in [2.75, 3.05) is 13.7 Å². The van der Waals surface area contributed by atoms with Gasteiger partial charge in [-0.15, -0.1) is 0 Å². The van der Waals surface area contributed by atoms with Crippen LogP contribution in [0.1, 0.15) is 25.3 Å². The summed E-state index contributed by atoms with van der Waals surface area (Å²) in [4.78, 5) is 0. The minimum atomic E-state index is -0.211. The minimum Gasteiger partial charge on any atom is -0.496 e. The molecule has 96 valence electrons. The Morgan fingerprint density at radius 1 is 1.47 bits per heavy atom. The molecule has 3 nitrogen and oxygen atoms in total. The number of benzene rings is 1. The van der Waals surface area contributed by atoms with E-state index in [2.05, 4.69) is 27.3 Å². The molecule has 1 aromatic rings. The van der Waals surface area contributed by atoms with Gasteiger partial charge in [-0.25, -0.2) is 0 Å². The molecule has 2 N–H and O–H groups in total. The fourth-order valence-electron chi connectivity index (χ4n) is 1.63. The maximum Gasteiger partial charge on any atom is 0.123 e. The van der Waals surface area contributed by atoms with Crippen LogP contribution in [0.15, 0.2) is 22.7 Å². The average Bonchev–Trinajstić information content (AvgIpc) is 2.28. The summed E-state index contributed by atoms with van der Waals surface area (Å²) in [6, 6.07) is 5.98. The molecule has 0 heterocycles.